The van der Waals surface area contributed by atoms with Gasteiger partial charge in [-0.25, -0.2) is 4.79 Å². The van der Waals surface area contributed by atoms with Crippen LogP contribution in [0.3, 0.4) is 0 Å². The van der Waals surface area contributed by atoms with Crippen LogP contribution in [0.15, 0.2) is 0 Å². The lowest BCUT2D eigenvalue weighted by Gasteiger charge is -2.04. The van der Waals surface area contributed by atoms with E-state index in [1.165, 1.54) is 116 Å². The van der Waals surface area contributed by atoms with Crippen LogP contribution in [0.25, 0.3) is 0 Å². The van der Waals surface area contributed by atoms with Crippen molar-refractivity contribution in [1.82, 2.24) is 0 Å². The Bertz CT molecular complexity index is 355. The van der Waals surface area contributed by atoms with Crippen molar-refractivity contribution in [1.29, 1.82) is 0 Å². The summed E-state index contributed by atoms with van der Waals surface area (Å²) in [6.45, 7) is 2.28. The van der Waals surface area contributed by atoms with Gasteiger partial charge in [-0.05, 0) is 6.42 Å². The van der Waals surface area contributed by atoms with Crippen molar-refractivity contribution in [2.45, 2.75) is 148 Å². The standard InChI is InChI=1S/C24H50O4P/c1-2-3-4-5-6-7-8-9-10-11-12-13-14-15-16-17-18-19-20-21-22-23-24(25)29(26,27)28/h26-28H,2-23H2,1H3/q+1. The summed E-state index contributed by atoms with van der Waals surface area (Å²) >= 11 is 0. The number of carbonyl (C=O) groups is 1. The largest absolute Gasteiger partial charge is 0.478 e. The zero-order valence-electron chi connectivity index (χ0n) is 19.3. The summed E-state index contributed by atoms with van der Waals surface area (Å²) in [5.41, 5.74) is -0.796. The molecule has 0 fully saturated rings. The van der Waals surface area contributed by atoms with Crippen molar-refractivity contribution in [3.8, 4) is 0 Å². The highest BCUT2D eigenvalue weighted by atomic mass is 31.2. The van der Waals surface area contributed by atoms with E-state index >= 15 is 0 Å². The van der Waals surface area contributed by atoms with E-state index in [1.54, 1.807) is 0 Å². The highest BCUT2D eigenvalue weighted by molar-refractivity contribution is 7.76. The molecule has 0 aromatic rings. The number of hydrogen-bond acceptors (Lipinski definition) is 4. The average Bonchev–Trinajstić information content (AvgIpc) is 2.68. The van der Waals surface area contributed by atoms with Crippen LogP contribution in [-0.4, -0.2) is 20.2 Å². The Morgan fingerprint density at radius 2 is 0.724 bits per heavy atom. The summed E-state index contributed by atoms with van der Waals surface area (Å²) in [5, 5.41) is 0. The van der Waals surface area contributed by atoms with Gasteiger partial charge in [-0.15, -0.1) is 0 Å². The predicted octanol–water partition coefficient (Wildman–Crippen LogP) is 7.85. The lowest BCUT2D eigenvalue weighted by atomic mass is 10.0. The predicted molar refractivity (Wildman–Crippen MR) is 126 cm³/mol. The zero-order valence-corrected chi connectivity index (χ0v) is 20.1. The van der Waals surface area contributed by atoms with Crippen molar-refractivity contribution in [3.63, 3.8) is 0 Å². The van der Waals surface area contributed by atoms with E-state index in [2.05, 4.69) is 6.92 Å². The SMILES string of the molecule is CCCCCCCCCCCCCCCCCCCCCCCC(=O)[P+](O)(O)O. The van der Waals surface area contributed by atoms with Crippen molar-refractivity contribution in [2.75, 3.05) is 0 Å². The first-order valence-electron chi connectivity index (χ1n) is 12.6. The molecule has 0 aliphatic heterocycles. The summed E-state index contributed by atoms with van der Waals surface area (Å²) in [6.07, 6.45) is 27.6. The molecule has 4 nitrogen and oxygen atoms in total. The average molecular weight is 434 g/mol. The Balaban J connectivity index is 3.09. The molecule has 0 aliphatic carbocycles. The number of hydrogen-bond donors (Lipinski definition) is 3. The molecule has 0 saturated heterocycles. The smallest absolute Gasteiger partial charge is 0.244 e. The minimum Gasteiger partial charge on any atom is -0.244 e. The van der Waals surface area contributed by atoms with Gasteiger partial charge in [-0.3, -0.25) is 0 Å². The molecule has 0 radical (unpaired) electrons. The first kappa shape index (κ1) is 29.0. The van der Waals surface area contributed by atoms with Gasteiger partial charge in [0.2, 0.25) is 0 Å². The minimum atomic E-state index is -4.24. The van der Waals surface area contributed by atoms with Crippen molar-refractivity contribution in [2.24, 2.45) is 0 Å². The van der Waals surface area contributed by atoms with Crippen LogP contribution in [0.5, 0.6) is 0 Å². The second-order valence-corrected chi connectivity index (χ2v) is 10.4. The van der Waals surface area contributed by atoms with Crippen molar-refractivity contribution >= 4 is 13.5 Å². The fourth-order valence-electron chi connectivity index (χ4n) is 3.86. The number of carbonyl (C=O) groups excluding carboxylic acids is 1. The second kappa shape index (κ2) is 21.2. The fraction of sp³-hybridized carbons (Fsp3) is 0.958. The molecule has 29 heavy (non-hydrogen) atoms. The Morgan fingerprint density at radius 3 is 0.966 bits per heavy atom. The maximum Gasteiger partial charge on any atom is 0.478 e. The van der Waals surface area contributed by atoms with Gasteiger partial charge in [0.1, 0.15) is 0 Å². The molecule has 0 rings (SSSR count). The molecule has 0 bridgehead atoms. The molecule has 0 heterocycles. The molecule has 0 spiro atoms. The van der Waals surface area contributed by atoms with Crippen LogP contribution in [0.2, 0.25) is 0 Å². The van der Waals surface area contributed by atoms with Gasteiger partial charge < -0.3 is 0 Å². The van der Waals surface area contributed by atoms with E-state index in [-0.39, 0.29) is 6.42 Å². The lowest BCUT2D eigenvalue weighted by Crippen LogP contribution is -2.04. The first-order valence-corrected chi connectivity index (χ1v) is 14.2. The summed E-state index contributed by atoms with van der Waals surface area (Å²) in [4.78, 5) is 37.6. The number of rotatable bonds is 23. The quantitative estimate of drug-likeness (QED) is 0.113. The van der Waals surface area contributed by atoms with Crippen LogP contribution in [0.4, 0.5) is 0 Å². The molecule has 0 aromatic heterocycles. The van der Waals surface area contributed by atoms with E-state index in [0.29, 0.717) is 6.42 Å². The molecule has 0 atom stereocenters. The minimum absolute atomic E-state index is 0.0797. The van der Waals surface area contributed by atoms with Gasteiger partial charge in [0.05, 0.1) is 6.42 Å². The van der Waals surface area contributed by atoms with Gasteiger partial charge in [-0.2, -0.15) is 14.7 Å². The van der Waals surface area contributed by atoms with Crippen LogP contribution < -0.4 is 0 Å². The van der Waals surface area contributed by atoms with E-state index in [1.807, 2.05) is 0 Å². The van der Waals surface area contributed by atoms with Gasteiger partial charge in [0.15, 0.2) is 0 Å². The Morgan fingerprint density at radius 1 is 0.483 bits per heavy atom. The van der Waals surface area contributed by atoms with Crippen molar-refractivity contribution in [3.05, 3.63) is 0 Å². The summed E-state index contributed by atoms with van der Waals surface area (Å²) < 4.78 is 0. The molecule has 0 unspecified atom stereocenters. The molecule has 3 N–H and O–H groups in total. The Kier molecular flexibility index (Phi) is 21.2. The highest BCUT2D eigenvalue weighted by Crippen LogP contribution is 2.46. The van der Waals surface area contributed by atoms with Crippen LogP contribution in [0, 0.1) is 0 Å². The van der Waals surface area contributed by atoms with E-state index in [0.717, 1.165) is 12.8 Å². The highest BCUT2D eigenvalue weighted by Gasteiger charge is 2.41. The molecular weight excluding hydrogens is 383 g/mol. The van der Waals surface area contributed by atoms with Crippen LogP contribution in [-0.2, 0) is 4.79 Å². The van der Waals surface area contributed by atoms with Gasteiger partial charge in [0.25, 0.3) is 0 Å². The van der Waals surface area contributed by atoms with Crippen LogP contribution >= 0.6 is 7.94 Å². The maximum atomic E-state index is 11.2. The third-order valence-corrected chi connectivity index (χ3v) is 6.72. The van der Waals surface area contributed by atoms with Crippen molar-refractivity contribution < 1.29 is 19.5 Å². The number of unbranched alkanes of at least 4 members (excludes halogenated alkanes) is 20. The topological polar surface area (TPSA) is 77.8 Å². The lowest BCUT2D eigenvalue weighted by molar-refractivity contribution is -0.114. The molecular formula is C24H50O4P+. The molecule has 0 aromatic carbocycles. The fourth-order valence-corrected chi connectivity index (χ4v) is 4.32. The zero-order chi connectivity index (χ0) is 21.6. The van der Waals surface area contributed by atoms with E-state index in [4.69, 9.17) is 14.7 Å². The van der Waals surface area contributed by atoms with Gasteiger partial charge in [-0.1, -0.05) is 135 Å². The normalized spacial score (nSPS) is 11.9. The molecule has 174 valence electrons. The molecule has 0 amide bonds. The summed E-state index contributed by atoms with van der Waals surface area (Å²) in [5.74, 6) is 0. The van der Waals surface area contributed by atoms with Crippen LogP contribution in [0.1, 0.15) is 148 Å². The first-order chi connectivity index (χ1) is 14.0. The van der Waals surface area contributed by atoms with Gasteiger partial charge >= 0.3 is 13.5 Å². The molecule has 5 heteroatoms. The monoisotopic (exact) mass is 433 g/mol. The van der Waals surface area contributed by atoms with Gasteiger partial charge in [0, 0.05) is 0 Å². The third kappa shape index (κ3) is 22.5. The second-order valence-electron chi connectivity index (χ2n) is 8.78. The molecule has 0 saturated carbocycles. The summed E-state index contributed by atoms with van der Waals surface area (Å²) in [7, 11) is -4.24. The summed E-state index contributed by atoms with van der Waals surface area (Å²) in [6, 6.07) is 0. The Hall–Kier alpha value is -0.0200. The Labute approximate surface area is 181 Å². The maximum absolute atomic E-state index is 11.2. The third-order valence-electron chi connectivity index (χ3n) is 5.83. The van der Waals surface area contributed by atoms with E-state index < -0.39 is 13.5 Å². The molecule has 0 aliphatic rings. The van der Waals surface area contributed by atoms with E-state index in [9.17, 15) is 4.79 Å².